The lowest BCUT2D eigenvalue weighted by Gasteiger charge is -2.30. The first-order valence-corrected chi connectivity index (χ1v) is 7.76. The fraction of sp³-hybridized carbons (Fsp3) is 0.500. The summed E-state index contributed by atoms with van der Waals surface area (Å²) in [5.74, 6) is 2.14. The fourth-order valence-corrected chi connectivity index (χ4v) is 4.00. The molecule has 0 aromatic heterocycles. The van der Waals surface area contributed by atoms with Crippen LogP contribution in [0.15, 0.2) is 24.3 Å². The van der Waals surface area contributed by atoms with Crippen molar-refractivity contribution in [2.45, 2.75) is 25.0 Å². The lowest BCUT2D eigenvalue weighted by Crippen LogP contribution is -2.38. The van der Waals surface area contributed by atoms with Crippen LogP contribution in [0.2, 0.25) is 0 Å². The molecule has 0 unspecified atom stereocenters. The van der Waals surface area contributed by atoms with Crippen molar-refractivity contribution < 1.29 is 9.53 Å². The highest BCUT2D eigenvalue weighted by Gasteiger charge is 2.46. The van der Waals surface area contributed by atoms with E-state index in [1.54, 1.807) is 4.90 Å². The summed E-state index contributed by atoms with van der Waals surface area (Å²) in [5, 5.41) is 0. The lowest BCUT2D eigenvalue weighted by molar-refractivity contribution is 0.0502. The molecular formula is C14H18N2O2S. The van der Waals surface area contributed by atoms with Crippen molar-refractivity contribution in [2.75, 3.05) is 23.0 Å². The average Bonchev–Trinajstić information content (AvgIpc) is 2.76. The maximum absolute atomic E-state index is 12.2. The van der Waals surface area contributed by atoms with Crippen LogP contribution in [0.25, 0.3) is 0 Å². The van der Waals surface area contributed by atoms with Crippen LogP contribution >= 0.6 is 11.8 Å². The maximum atomic E-state index is 12.2. The molecule has 0 bridgehead atoms. The Bertz CT molecular complexity index is 486. The number of para-hydroxylation sites is 1. The van der Waals surface area contributed by atoms with Gasteiger partial charge < -0.3 is 10.5 Å². The van der Waals surface area contributed by atoms with Crippen molar-refractivity contribution in [3.63, 3.8) is 0 Å². The molecule has 2 saturated heterocycles. The van der Waals surface area contributed by atoms with Crippen molar-refractivity contribution in [3.8, 4) is 0 Å². The number of nitrogens with two attached hydrogens (primary N) is 1. The molecule has 1 aromatic rings. The van der Waals surface area contributed by atoms with Crippen LogP contribution in [-0.2, 0) is 11.3 Å². The summed E-state index contributed by atoms with van der Waals surface area (Å²) in [4.78, 5) is 13.9. The molecule has 1 spiro atoms. The van der Waals surface area contributed by atoms with Crippen LogP contribution in [0, 0.1) is 0 Å². The summed E-state index contributed by atoms with van der Waals surface area (Å²) < 4.78 is 5.69. The van der Waals surface area contributed by atoms with Crippen molar-refractivity contribution in [2.24, 2.45) is 5.73 Å². The molecule has 4 nitrogen and oxygen atoms in total. The minimum atomic E-state index is -0.274. The molecule has 0 saturated carbocycles. The van der Waals surface area contributed by atoms with Crippen molar-refractivity contribution in [3.05, 3.63) is 29.8 Å². The quantitative estimate of drug-likeness (QED) is 0.902. The maximum Gasteiger partial charge on any atom is 0.415 e. The second-order valence-electron chi connectivity index (χ2n) is 5.08. The van der Waals surface area contributed by atoms with E-state index < -0.39 is 0 Å². The average molecular weight is 278 g/mol. The van der Waals surface area contributed by atoms with E-state index in [4.69, 9.17) is 10.5 Å². The van der Waals surface area contributed by atoms with Gasteiger partial charge in [-0.05, 0) is 36.0 Å². The normalized spacial score (nSPS) is 21.7. The number of nitrogens with zero attached hydrogens (tertiary/aromatic N) is 1. The Morgan fingerprint density at radius 3 is 2.79 bits per heavy atom. The summed E-state index contributed by atoms with van der Waals surface area (Å²) in [5.41, 5.74) is 7.36. The molecular weight excluding hydrogens is 260 g/mol. The predicted molar refractivity (Wildman–Crippen MR) is 77.5 cm³/mol. The fourth-order valence-electron chi connectivity index (χ4n) is 2.76. The SMILES string of the molecule is NCc1ccccc1N1CC2(CCSCC2)OC1=O. The van der Waals surface area contributed by atoms with Crippen LogP contribution in [0.3, 0.4) is 0 Å². The number of thioether (sulfide) groups is 1. The van der Waals surface area contributed by atoms with E-state index in [0.29, 0.717) is 13.1 Å². The molecule has 1 amide bonds. The van der Waals surface area contributed by atoms with Gasteiger partial charge in [-0.15, -0.1) is 0 Å². The van der Waals surface area contributed by atoms with Gasteiger partial charge in [-0.3, -0.25) is 4.90 Å². The lowest BCUT2D eigenvalue weighted by atomic mass is 9.96. The minimum Gasteiger partial charge on any atom is -0.441 e. The number of carbonyl (C=O) groups excluding carboxylic acids is 1. The topological polar surface area (TPSA) is 55.6 Å². The molecule has 3 rings (SSSR count). The standard InChI is InChI=1S/C14H18N2O2S/c15-9-11-3-1-2-4-12(11)16-10-14(18-13(16)17)5-7-19-8-6-14/h1-4H,5-10,15H2. The Morgan fingerprint density at radius 1 is 1.32 bits per heavy atom. The van der Waals surface area contributed by atoms with Gasteiger partial charge in [-0.25, -0.2) is 4.79 Å². The Morgan fingerprint density at radius 2 is 2.05 bits per heavy atom. The molecule has 2 aliphatic rings. The van der Waals surface area contributed by atoms with Gasteiger partial charge in [0, 0.05) is 6.54 Å². The van der Waals surface area contributed by atoms with E-state index in [0.717, 1.165) is 35.6 Å². The number of amides is 1. The summed E-state index contributed by atoms with van der Waals surface area (Å²) in [6.45, 7) is 1.09. The van der Waals surface area contributed by atoms with E-state index in [-0.39, 0.29) is 11.7 Å². The highest BCUT2D eigenvalue weighted by Crippen LogP contribution is 2.38. The van der Waals surface area contributed by atoms with Gasteiger partial charge in [0.2, 0.25) is 0 Å². The van der Waals surface area contributed by atoms with Crippen molar-refractivity contribution >= 4 is 23.5 Å². The number of hydrogen-bond donors (Lipinski definition) is 1. The third kappa shape index (κ3) is 2.32. The zero-order chi connectivity index (χ0) is 13.3. The Balaban J connectivity index is 1.87. The monoisotopic (exact) mass is 278 g/mol. The molecule has 0 atom stereocenters. The number of rotatable bonds is 2. The smallest absolute Gasteiger partial charge is 0.415 e. The van der Waals surface area contributed by atoms with Gasteiger partial charge in [-0.2, -0.15) is 11.8 Å². The van der Waals surface area contributed by atoms with Crippen LogP contribution in [0.1, 0.15) is 18.4 Å². The third-order valence-electron chi connectivity index (χ3n) is 3.88. The molecule has 102 valence electrons. The van der Waals surface area contributed by atoms with Gasteiger partial charge in [0.15, 0.2) is 0 Å². The van der Waals surface area contributed by atoms with E-state index in [2.05, 4.69) is 0 Å². The van der Waals surface area contributed by atoms with Gasteiger partial charge in [0.1, 0.15) is 5.60 Å². The first kappa shape index (κ1) is 12.8. The molecule has 5 heteroatoms. The highest BCUT2D eigenvalue weighted by molar-refractivity contribution is 7.99. The third-order valence-corrected chi connectivity index (χ3v) is 4.86. The first-order chi connectivity index (χ1) is 9.24. The highest BCUT2D eigenvalue weighted by atomic mass is 32.2. The summed E-state index contributed by atoms with van der Waals surface area (Å²) in [6, 6.07) is 7.79. The van der Waals surface area contributed by atoms with E-state index >= 15 is 0 Å². The van der Waals surface area contributed by atoms with Crippen molar-refractivity contribution in [1.82, 2.24) is 0 Å². The Hall–Kier alpha value is -1.20. The summed E-state index contributed by atoms with van der Waals surface area (Å²) >= 11 is 1.93. The molecule has 2 aliphatic heterocycles. The number of benzene rings is 1. The second kappa shape index (κ2) is 5.06. The molecule has 1 aromatic carbocycles. The van der Waals surface area contributed by atoms with E-state index in [9.17, 15) is 4.79 Å². The zero-order valence-corrected chi connectivity index (χ0v) is 11.6. The van der Waals surface area contributed by atoms with Gasteiger partial charge in [-0.1, -0.05) is 18.2 Å². The zero-order valence-electron chi connectivity index (χ0n) is 10.8. The molecule has 0 radical (unpaired) electrons. The van der Waals surface area contributed by atoms with Gasteiger partial charge >= 0.3 is 6.09 Å². The van der Waals surface area contributed by atoms with E-state index in [1.807, 2.05) is 36.0 Å². The minimum absolute atomic E-state index is 0.229. The van der Waals surface area contributed by atoms with Gasteiger partial charge in [0.05, 0.1) is 12.2 Å². The molecule has 0 aliphatic carbocycles. The Labute approximate surface area is 117 Å². The molecule has 2 fully saturated rings. The molecule has 2 heterocycles. The predicted octanol–water partition coefficient (Wildman–Crippen LogP) is 2.37. The van der Waals surface area contributed by atoms with Crippen molar-refractivity contribution in [1.29, 1.82) is 0 Å². The van der Waals surface area contributed by atoms with E-state index in [1.165, 1.54) is 0 Å². The first-order valence-electron chi connectivity index (χ1n) is 6.60. The van der Waals surface area contributed by atoms with Crippen LogP contribution in [-0.4, -0.2) is 29.7 Å². The molecule has 2 N–H and O–H groups in total. The second-order valence-corrected chi connectivity index (χ2v) is 6.31. The number of anilines is 1. The number of carbonyl (C=O) groups is 1. The largest absolute Gasteiger partial charge is 0.441 e. The van der Waals surface area contributed by atoms with Crippen LogP contribution < -0.4 is 10.6 Å². The van der Waals surface area contributed by atoms with Crippen LogP contribution in [0.4, 0.5) is 10.5 Å². The number of hydrogen-bond acceptors (Lipinski definition) is 4. The van der Waals surface area contributed by atoms with Gasteiger partial charge in [0.25, 0.3) is 0 Å². The Kier molecular flexibility index (Phi) is 3.41. The molecule has 19 heavy (non-hydrogen) atoms. The number of ether oxygens (including phenoxy) is 1. The van der Waals surface area contributed by atoms with Crippen LogP contribution in [0.5, 0.6) is 0 Å². The summed E-state index contributed by atoms with van der Waals surface area (Å²) in [6.07, 6.45) is 1.67. The summed E-state index contributed by atoms with van der Waals surface area (Å²) in [7, 11) is 0.